The van der Waals surface area contributed by atoms with Gasteiger partial charge in [0.25, 0.3) is 0 Å². The maximum absolute atomic E-state index is 11.9. The van der Waals surface area contributed by atoms with E-state index in [0.717, 1.165) is 17.1 Å². The monoisotopic (exact) mass is 243 g/mol. The second-order valence-electron chi connectivity index (χ2n) is 2.86. The third-order valence-corrected chi connectivity index (χ3v) is 2.55. The first-order chi connectivity index (χ1) is 7.65. The van der Waals surface area contributed by atoms with Gasteiger partial charge in [0, 0.05) is 5.56 Å². The van der Waals surface area contributed by atoms with Gasteiger partial charge >= 0.3 is 6.61 Å². The van der Waals surface area contributed by atoms with Gasteiger partial charge in [0.05, 0.1) is 0 Å². The van der Waals surface area contributed by atoms with Gasteiger partial charge in [0.2, 0.25) is 5.95 Å². The first-order valence-corrected chi connectivity index (χ1v) is 5.07. The number of hydrogen-bond acceptors (Lipinski definition) is 5. The Morgan fingerprint density at radius 1 is 1.25 bits per heavy atom. The third-order valence-electron chi connectivity index (χ3n) is 1.77. The van der Waals surface area contributed by atoms with Crippen molar-refractivity contribution < 1.29 is 13.5 Å². The van der Waals surface area contributed by atoms with Crippen molar-refractivity contribution in [2.24, 2.45) is 0 Å². The second-order valence-corrected chi connectivity index (χ2v) is 3.61. The molecule has 0 atom stereocenters. The lowest BCUT2D eigenvalue weighted by molar-refractivity contribution is -0.0498. The predicted molar refractivity (Wildman–Crippen MR) is 56.4 cm³/mol. The molecule has 1 aromatic carbocycles. The van der Waals surface area contributed by atoms with Gasteiger partial charge in [-0.25, -0.2) is 0 Å². The highest BCUT2D eigenvalue weighted by Gasteiger charge is 2.06. The fourth-order valence-corrected chi connectivity index (χ4v) is 1.73. The van der Waals surface area contributed by atoms with Crippen LogP contribution in [0.3, 0.4) is 0 Å². The number of halogens is 2. The van der Waals surface area contributed by atoms with Gasteiger partial charge < -0.3 is 10.5 Å². The molecule has 4 nitrogen and oxygen atoms in total. The van der Waals surface area contributed by atoms with Gasteiger partial charge in [0.1, 0.15) is 10.8 Å². The first kappa shape index (κ1) is 10.7. The molecule has 0 fully saturated rings. The van der Waals surface area contributed by atoms with Crippen molar-refractivity contribution in [2.45, 2.75) is 6.61 Å². The molecule has 0 saturated carbocycles. The fourth-order valence-electron chi connectivity index (χ4n) is 1.13. The zero-order valence-electron chi connectivity index (χ0n) is 7.93. The molecule has 0 aliphatic carbocycles. The van der Waals surface area contributed by atoms with Crippen LogP contribution in [-0.2, 0) is 0 Å². The highest BCUT2D eigenvalue weighted by molar-refractivity contribution is 7.09. The second kappa shape index (κ2) is 4.40. The van der Waals surface area contributed by atoms with Crippen molar-refractivity contribution in [2.75, 3.05) is 5.73 Å². The zero-order valence-corrected chi connectivity index (χ0v) is 8.75. The van der Waals surface area contributed by atoms with Crippen LogP contribution in [0.15, 0.2) is 24.3 Å². The molecule has 0 bridgehead atoms. The molecule has 16 heavy (non-hydrogen) atoms. The summed E-state index contributed by atoms with van der Waals surface area (Å²) in [6.07, 6.45) is 0. The third kappa shape index (κ3) is 2.43. The summed E-state index contributed by atoms with van der Waals surface area (Å²) in [4.78, 5) is 3.97. The summed E-state index contributed by atoms with van der Waals surface area (Å²) < 4.78 is 31.8. The van der Waals surface area contributed by atoms with Gasteiger partial charge in [-0.15, -0.1) is 0 Å². The molecule has 0 radical (unpaired) electrons. The number of alkyl halides is 2. The van der Waals surface area contributed by atoms with Crippen molar-refractivity contribution in [1.29, 1.82) is 0 Å². The smallest absolute Gasteiger partial charge is 0.387 e. The van der Waals surface area contributed by atoms with E-state index in [-0.39, 0.29) is 11.7 Å². The van der Waals surface area contributed by atoms with E-state index in [2.05, 4.69) is 14.1 Å². The number of benzene rings is 1. The Balaban J connectivity index is 2.19. The molecular formula is C9H7F2N3OS. The van der Waals surface area contributed by atoms with Gasteiger partial charge in [0.15, 0.2) is 0 Å². The quantitative estimate of drug-likeness (QED) is 0.899. The number of rotatable bonds is 3. The number of aromatic nitrogens is 2. The lowest BCUT2D eigenvalue weighted by atomic mass is 10.2. The Bertz CT molecular complexity index is 472. The SMILES string of the molecule is Nc1nsc(-c2ccc(OC(F)F)cc2)n1. The first-order valence-electron chi connectivity index (χ1n) is 4.29. The Kier molecular flexibility index (Phi) is 2.95. The molecule has 0 spiro atoms. The van der Waals surface area contributed by atoms with Crippen LogP contribution in [0.4, 0.5) is 14.7 Å². The summed E-state index contributed by atoms with van der Waals surface area (Å²) in [6.45, 7) is -2.82. The molecule has 2 N–H and O–H groups in total. The number of anilines is 1. The average Bonchev–Trinajstić information content (AvgIpc) is 2.65. The van der Waals surface area contributed by atoms with Crippen molar-refractivity contribution >= 4 is 17.5 Å². The van der Waals surface area contributed by atoms with Gasteiger partial charge in [-0.05, 0) is 35.8 Å². The molecule has 2 rings (SSSR count). The zero-order chi connectivity index (χ0) is 11.5. The van der Waals surface area contributed by atoms with E-state index < -0.39 is 6.61 Å². The molecule has 1 heterocycles. The van der Waals surface area contributed by atoms with Crippen LogP contribution in [0.25, 0.3) is 10.6 Å². The molecule has 0 aliphatic rings. The molecule has 2 aromatic rings. The van der Waals surface area contributed by atoms with E-state index in [4.69, 9.17) is 5.73 Å². The minimum atomic E-state index is -2.82. The highest BCUT2D eigenvalue weighted by Crippen LogP contribution is 2.24. The minimum absolute atomic E-state index is 0.108. The Hall–Kier alpha value is -1.76. The number of nitrogens with two attached hydrogens (primary N) is 1. The van der Waals surface area contributed by atoms with Crippen molar-refractivity contribution in [3.05, 3.63) is 24.3 Å². The van der Waals surface area contributed by atoms with Crippen LogP contribution < -0.4 is 10.5 Å². The molecule has 0 amide bonds. The molecule has 84 valence electrons. The van der Waals surface area contributed by atoms with Gasteiger partial charge in [-0.2, -0.15) is 18.1 Å². The average molecular weight is 243 g/mol. The van der Waals surface area contributed by atoms with Crippen LogP contribution in [0.1, 0.15) is 0 Å². The number of hydrogen-bond donors (Lipinski definition) is 1. The molecular weight excluding hydrogens is 236 g/mol. The van der Waals surface area contributed by atoms with Crippen LogP contribution >= 0.6 is 11.5 Å². The van der Waals surface area contributed by atoms with E-state index in [9.17, 15) is 8.78 Å². The summed E-state index contributed by atoms with van der Waals surface area (Å²) >= 11 is 1.15. The van der Waals surface area contributed by atoms with E-state index >= 15 is 0 Å². The summed E-state index contributed by atoms with van der Waals surface area (Å²) in [5.41, 5.74) is 6.14. The van der Waals surface area contributed by atoms with Crippen LogP contribution in [0.2, 0.25) is 0 Å². The largest absolute Gasteiger partial charge is 0.435 e. The van der Waals surface area contributed by atoms with E-state index in [1.807, 2.05) is 0 Å². The Morgan fingerprint density at radius 2 is 1.94 bits per heavy atom. The van der Waals surface area contributed by atoms with Crippen LogP contribution in [-0.4, -0.2) is 16.0 Å². The minimum Gasteiger partial charge on any atom is -0.435 e. The fraction of sp³-hybridized carbons (Fsp3) is 0.111. The number of nitrogens with zero attached hydrogens (tertiary/aromatic N) is 2. The predicted octanol–water partition coefficient (Wildman–Crippen LogP) is 2.39. The Morgan fingerprint density at radius 3 is 2.44 bits per heavy atom. The van der Waals surface area contributed by atoms with E-state index in [1.54, 1.807) is 12.1 Å². The number of nitrogen functional groups attached to an aromatic ring is 1. The van der Waals surface area contributed by atoms with Crippen LogP contribution in [0.5, 0.6) is 5.75 Å². The van der Waals surface area contributed by atoms with Gasteiger partial charge in [-0.3, -0.25) is 0 Å². The van der Waals surface area contributed by atoms with Crippen LogP contribution in [0, 0.1) is 0 Å². The molecule has 0 unspecified atom stereocenters. The topological polar surface area (TPSA) is 61.0 Å². The standard InChI is InChI=1S/C9H7F2N3OS/c10-8(11)15-6-3-1-5(2-4-6)7-13-9(12)14-16-7/h1-4,8H,(H2,12,14). The number of ether oxygens (including phenoxy) is 1. The van der Waals surface area contributed by atoms with Crippen molar-refractivity contribution in [3.8, 4) is 16.3 Å². The van der Waals surface area contributed by atoms with E-state index in [1.165, 1.54) is 12.1 Å². The Labute approximate surface area is 93.9 Å². The molecule has 7 heteroatoms. The molecule has 0 aliphatic heterocycles. The summed E-state index contributed by atoms with van der Waals surface area (Å²) in [5.74, 6) is 0.309. The lowest BCUT2D eigenvalue weighted by Crippen LogP contribution is -2.01. The van der Waals surface area contributed by atoms with E-state index in [0.29, 0.717) is 5.01 Å². The normalized spacial score (nSPS) is 10.7. The lowest BCUT2D eigenvalue weighted by Gasteiger charge is -2.03. The maximum Gasteiger partial charge on any atom is 0.387 e. The summed E-state index contributed by atoms with van der Waals surface area (Å²) in [7, 11) is 0. The summed E-state index contributed by atoms with van der Waals surface area (Å²) in [6, 6.07) is 6.13. The van der Waals surface area contributed by atoms with Crippen molar-refractivity contribution in [3.63, 3.8) is 0 Å². The van der Waals surface area contributed by atoms with Gasteiger partial charge in [-0.1, -0.05) is 0 Å². The highest BCUT2D eigenvalue weighted by atomic mass is 32.1. The summed E-state index contributed by atoms with van der Waals surface area (Å²) in [5, 5.41) is 0.640. The maximum atomic E-state index is 11.9. The molecule has 0 saturated heterocycles. The molecule has 1 aromatic heterocycles. The van der Waals surface area contributed by atoms with Crippen molar-refractivity contribution in [1.82, 2.24) is 9.36 Å².